The summed E-state index contributed by atoms with van der Waals surface area (Å²) in [5.74, 6) is -1.23. The maximum Gasteiger partial charge on any atom is 0.328 e. The minimum Gasteiger partial charge on any atom is -0.478 e. The highest BCUT2D eigenvalue weighted by Gasteiger charge is 2.00. The topological polar surface area (TPSA) is 105 Å². The van der Waals surface area contributed by atoms with E-state index in [1.54, 1.807) is 0 Å². The summed E-state index contributed by atoms with van der Waals surface area (Å²) in [4.78, 5) is 24.8. The zero-order chi connectivity index (χ0) is 11.1. The molecule has 1 heterocycles. The van der Waals surface area contributed by atoms with Crippen LogP contribution in [0.15, 0.2) is 23.0 Å². The molecule has 0 aliphatic heterocycles. The Balaban J connectivity index is 2.20. The Hall–Kier alpha value is -2.18. The molecule has 0 aromatic carbocycles. The molecule has 15 heavy (non-hydrogen) atoms. The Morgan fingerprint density at radius 2 is 2.33 bits per heavy atom. The third-order valence-corrected chi connectivity index (χ3v) is 1.42. The molecule has 0 spiro atoms. The van der Waals surface area contributed by atoms with Crippen LogP contribution in [0.4, 0.5) is 0 Å². The van der Waals surface area contributed by atoms with Crippen molar-refractivity contribution in [2.75, 3.05) is 6.54 Å². The van der Waals surface area contributed by atoms with Crippen molar-refractivity contribution in [3.8, 4) is 0 Å². The van der Waals surface area contributed by atoms with Crippen LogP contribution < -0.4 is 5.32 Å². The maximum absolute atomic E-state index is 10.9. The van der Waals surface area contributed by atoms with Gasteiger partial charge >= 0.3 is 5.97 Å². The molecule has 0 unspecified atom stereocenters. The summed E-state index contributed by atoms with van der Waals surface area (Å²) in [7, 11) is 0. The van der Waals surface area contributed by atoms with Crippen molar-refractivity contribution < 1.29 is 19.2 Å². The molecule has 7 nitrogen and oxygen atoms in total. The number of rotatable bonds is 5. The first-order chi connectivity index (χ1) is 7.18. The zero-order valence-corrected chi connectivity index (χ0v) is 7.71. The number of nitrogens with one attached hydrogen (secondary N) is 1. The minimum absolute atomic E-state index is 0.311. The highest BCUT2D eigenvalue weighted by atomic mass is 16.5. The third kappa shape index (κ3) is 4.55. The molecule has 0 aliphatic carbocycles. The molecule has 7 heteroatoms. The first-order valence-electron chi connectivity index (χ1n) is 4.13. The lowest BCUT2D eigenvalue weighted by Gasteiger charge is -1.97. The van der Waals surface area contributed by atoms with Crippen molar-refractivity contribution in [1.82, 2.24) is 15.5 Å². The summed E-state index contributed by atoms with van der Waals surface area (Å²) in [6.07, 6.45) is 3.38. The monoisotopic (exact) mass is 211 g/mol. The lowest BCUT2D eigenvalue weighted by Crippen LogP contribution is -2.23. The predicted molar refractivity (Wildman–Crippen MR) is 47.8 cm³/mol. The Bertz CT molecular complexity index is 358. The SMILES string of the molecule is O=C(O)/C=C/C(=O)NCCc1ncno1. The van der Waals surface area contributed by atoms with Gasteiger partial charge in [-0.1, -0.05) is 5.16 Å². The van der Waals surface area contributed by atoms with Crippen molar-refractivity contribution in [2.24, 2.45) is 0 Å². The van der Waals surface area contributed by atoms with Gasteiger partial charge in [-0.2, -0.15) is 4.98 Å². The quantitative estimate of drug-likeness (QED) is 0.628. The largest absolute Gasteiger partial charge is 0.478 e. The fourth-order valence-corrected chi connectivity index (χ4v) is 0.805. The van der Waals surface area contributed by atoms with Crippen LogP contribution in [-0.2, 0) is 16.0 Å². The third-order valence-electron chi connectivity index (χ3n) is 1.42. The first-order valence-corrected chi connectivity index (χ1v) is 4.13. The minimum atomic E-state index is -1.16. The lowest BCUT2D eigenvalue weighted by atomic mass is 10.4. The number of carboxylic acids is 1. The van der Waals surface area contributed by atoms with Crippen LogP contribution in [0.3, 0.4) is 0 Å². The van der Waals surface area contributed by atoms with Crippen LogP contribution in [0, 0.1) is 0 Å². The van der Waals surface area contributed by atoms with Gasteiger partial charge in [0.1, 0.15) is 0 Å². The van der Waals surface area contributed by atoms with E-state index in [2.05, 4.69) is 20.0 Å². The summed E-state index contributed by atoms with van der Waals surface area (Å²) in [5.41, 5.74) is 0. The summed E-state index contributed by atoms with van der Waals surface area (Å²) in [6, 6.07) is 0. The predicted octanol–water partition coefficient (Wildman–Crippen LogP) is -0.631. The fraction of sp³-hybridized carbons (Fsp3) is 0.250. The highest BCUT2D eigenvalue weighted by Crippen LogP contribution is 1.90. The van der Waals surface area contributed by atoms with E-state index < -0.39 is 11.9 Å². The van der Waals surface area contributed by atoms with E-state index in [0.717, 1.165) is 12.2 Å². The van der Waals surface area contributed by atoms with E-state index in [-0.39, 0.29) is 0 Å². The van der Waals surface area contributed by atoms with Gasteiger partial charge < -0.3 is 14.9 Å². The summed E-state index contributed by atoms with van der Waals surface area (Å²) < 4.78 is 4.69. The van der Waals surface area contributed by atoms with Crippen LogP contribution in [0.5, 0.6) is 0 Å². The molecular formula is C8H9N3O4. The van der Waals surface area contributed by atoms with Crippen LogP contribution >= 0.6 is 0 Å². The number of nitrogens with zero attached hydrogens (tertiary/aromatic N) is 2. The van der Waals surface area contributed by atoms with Crippen molar-refractivity contribution in [1.29, 1.82) is 0 Å². The van der Waals surface area contributed by atoms with E-state index in [4.69, 9.17) is 5.11 Å². The Morgan fingerprint density at radius 1 is 1.53 bits per heavy atom. The van der Waals surface area contributed by atoms with Gasteiger partial charge in [-0.15, -0.1) is 0 Å². The molecule has 0 radical (unpaired) electrons. The average molecular weight is 211 g/mol. The molecule has 0 atom stereocenters. The second-order valence-corrected chi connectivity index (χ2v) is 2.55. The molecule has 0 fully saturated rings. The van der Waals surface area contributed by atoms with Crippen LogP contribution in [0.25, 0.3) is 0 Å². The molecule has 80 valence electrons. The number of aliphatic carboxylic acids is 1. The highest BCUT2D eigenvalue weighted by molar-refractivity contribution is 5.93. The normalized spacial score (nSPS) is 10.4. The van der Waals surface area contributed by atoms with Gasteiger partial charge in [-0.05, 0) is 0 Å². The van der Waals surface area contributed by atoms with Crippen molar-refractivity contribution in [2.45, 2.75) is 6.42 Å². The van der Waals surface area contributed by atoms with Crippen LogP contribution in [-0.4, -0.2) is 33.7 Å². The molecule has 0 saturated heterocycles. The van der Waals surface area contributed by atoms with Crippen molar-refractivity contribution >= 4 is 11.9 Å². The van der Waals surface area contributed by atoms with E-state index in [1.807, 2.05) is 0 Å². The Morgan fingerprint density at radius 3 is 2.93 bits per heavy atom. The van der Waals surface area contributed by atoms with Crippen LogP contribution in [0.2, 0.25) is 0 Å². The average Bonchev–Trinajstić information content (AvgIpc) is 2.67. The molecule has 0 bridgehead atoms. The number of amides is 1. The molecule has 0 saturated carbocycles. The molecule has 2 N–H and O–H groups in total. The van der Waals surface area contributed by atoms with Gasteiger partial charge in [0.2, 0.25) is 11.8 Å². The van der Waals surface area contributed by atoms with Gasteiger partial charge in [-0.25, -0.2) is 4.79 Å². The lowest BCUT2D eigenvalue weighted by molar-refractivity contribution is -0.131. The second kappa shape index (κ2) is 5.53. The number of carbonyl (C=O) groups excluding carboxylic acids is 1. The van der Waals surface area contributed by atoms with Crippen molar-refractivity contribution in [3.63, 3.8) is 0 Å². The molecule has 1 aromatic rings. The van der Waals surface area contributed by atoms with Gasteiger partial charge in [0.05, 0.1) is 0 Å². The molecular weight excluding hydrogens is 202 g/mol. The summed E-state index contributed by atoms with van der Waals surface area (Å²) in [6.45, 7) is 0.311. The zero-order valence-electron chi connectivity index (χ0n) is 7.71. The van der Waals surface area contributed by atoms with E-state index >= 15 is 0 Å². The summed E-state index contributed by atoms with van der Waals surface area (Å²) in [5, 5.41) is 14.1. The first kappa shape index (κ1) is 10.9. The smallest absolute Gasteiger partial charge is 0.328 e. The van der Waals surface area contributed by atoms with Gasteiger partial charge in [0, 0.05) is 25.1 Å². The Kier molecular flexibility index (Phi) is 4.02. The number of hydrogen-bond acceptors (Lipinski definition) is 5. The number of aromatic nitrogens is 2. The molecule has 1 aromatic heterocycles. The fourth-order valence-electron chi connectivity index (χ4n) is 0.805. The number of hydrogen-bond donors (Lipinski definition) is 2. The number of carboxylic acid groups (broad SMARTS) is 1. The molecule has 1 rings (SSSR count). The van der Waals surface area contributed by atoms with Gasteiger partial charge in [-0.3, -0.25) is 4.79 Å². The standard InChI is InChI=1S/C8H9N3O4/c12-6(1-2-8(13)14)9-4-3-7-10-5-11-15-7/h1-2,5H,3-4H2,(H,9,12)(H,13,14)/b2-1+. The van der Waals surface area contributed by atoms with Crippen molar-refractivity contribution in [3.05, 3.63) is 24.4 Å². The van der Waals surface area contributed by atoms with E-state index in [0.29, 0.717) is 18.9 Å². The van der Waals surface area contributed by atoms with E-state index in [9.17, 15) is 9.59 Å². The molecule has 1 amide bonds. The van der Waals surface area contributed by atoms with Gasteiger partial charge in [0.15, 0.2) is 6.33 Å². The molecule has 0 aliphatic rings. The summed E-state index contributed by atoms with van der Waals surface area (Å²) >= 11 is 0. The Labute approximate surface area is 84.8 Å². The van der Waals surface area contributed by atoms with Gasteiger partial charge in [0.25, 0.3) is 0 Å². The van der Waals surface area contributed by atoms with Crippen LogP contribution in [0.1, 0.15) is 5.89 Å². The number of carbonyl (C=O) groups is 2. The van der Waals surface area contributed by atoms with E-state index in [1.165, 1.54) is 6.33 Å². The maximum atomic E-state index is 10.9. The second-order valence-electron chi connectivity index (χ2n) is 2.55.